The van der Waals surface area contributed by atoms with E-state index in [4.69, 9.17) is 10.3 Å². The van der Waals surface area contributed by atoms with Crippen LogP contribution in [0.25, 0.3) is 0 Å². The molecule has 2 N–H and O–H groups in total. The van der Waals surface area contributed by atoms with Crippen LogP contribution < -0.4 is 5.73 Å². The smallest absolute Gasteiger partial charge is 0.240 e. The molecule has 1 atom stereocenters. The molecule has 1 aromatic heterocycles. The van der Waals surface area contributed by atoms with Crippen LogP contribution >= 0.6 is 0 Å². The summed E-state index contributed by atoms with van der Waals surface area (Å²) < 4.78 is 5.31. The summed E-state index contributed by atoms with van der Waals surface area (Å²) in [4.78, 5) is 6.84. The zero-order valence-corrected chi connectivity index (χ0v) is 12.1. The molecule has 0 spiro atoms. The quantitative estimate of drug-likeness (QED) is 0.852. The van der Waals surface area contributed by atoms with E-state index < -0.39 is 0 Å². The maximum absolute atomic E-state index is 5.96. The van der Waals surface area contributed by atoms with Gasteiger partial charge in [0.05, 0.1) is 6.54 Å². The van der Waals surface area contributed by atoms with Crippen molar-refractivity contribution in [3.63, 3.8) is 0 Å². The van der Waals surface area contributed by atoms with Crippen molar-refractivity contribution in [3.8, 4) is 0 Å². The number of hydrogen-bond donors (Lipinski definition) is 1. The topological polar surface area (TPSA) is 68.2 Å². The number of rotatable bonds is 6. The van der Waals surface area contributed by atoms with Crippen molar-refractivity contribution in [1.29, 1.82) is 0 Å². The molecule has 0 aromatic carbocycles. The summed E-state index contributed by atoms with van der Waals surface area (Å²) in [5.74, 6) is 2.27. The van der Waals surface area contributed by atoms with Crippen LogP contribution in [0, 0.1) is 5.92 Å². The lowest BCUT2D eigenvalue weighted by Crippen LogP contribution is -2.39. The molecular weight excluding hydrogens is 240 g/mol. The van der Waals surface area contributed by atoms with Gasteiger partial charge in [0.25, 0.3) is 0 Å². The second-order valence-electron chi connectivity index (χ2n) is 5.68. The number of nitrogens with zero attached hydrogens (tertiary/aromatic N) is 3. The van der Waals surface area contributed by atoms with Gasteiger partial charge in [0, 0.05) is 12.5 Å². The highest BCUT2D eigenvalue weighted by Gasteiger charge is 2.23. The summed E-state index contributed by atoms with van der Waals surface area (Å²) in [7, 11) is 0. The normalized spacial score (nSPS) is 19.7. The van der Waals surface area contributed by atoms with Crippen LogP contribution in [0.15, 0.2) is 4.52 Å². The molecule has 0 saturated carbocycles. The van der Waals surface area contributed by atoms with Gasteiger partial charge in [-0.05, 0) is 45.2 Å². The van der Waals surface area contributed by atoms with E-state index in [0.29, 0.717) is 12.0 Å². The van der Waals surface area contributed by atoms with Gasteiger partial charge >= 0.3 is 0 Å². The second-order valence-corrected chi connectivity index (χ2v) is 5.68. The average Bonchev–Trinajstić information content (AvgIpc) is 2.84. The third kappa shape index (κ3) is 4.28. The minimum absolute atomic E-state index is 0.311. The fraction of sp³-hybridized carbons (Fsp3) is 0.857. The molecule has 0 amide bonds. The summed E-state index contributed by atoms with van der Waals surface area (Å²) >= 11 is 0. The molecule has 1 saturated heterocycles. The summed E-state index contributed by atoms with van der Waals surface area (Å²) in [6.45, 7) is 7.23. The van der Waals surface area contributed by atoms with Gasteiger partial charge in [-0.2, -0.15) is 4.98 Å². The van der Waals surface area contributed by atoms with Crippen LogP contribution in [0.1, 0.15) is 51.2 Å². The van der Waals surface area contributed by atoms with Crippen molar-refractivity contribution < 1.29 is 4.52 Å². The summed E-state index contributed by atoms with van der Waals surface area (Å²) in [5.41, 5.74) is 5.96. The summed E-state index contributed by atoms with van der Waals surface area (Å²) in [6.07, 6.45) is 5.56. The van der Waals surface area contributed by atoms with E-state index in [1.165, 1.54) is 12.8 Å². The molecule has 2 rings (SSSR count). The molecule has 1 aliphatic heterocycles. The van der Waals surface area contributed by atoms with Crippen molar-refractivity contribution in [1.82, 2.24) is 15.0 Å². The first-order chi connectivity index (χ1) is 9.19. The zero-order chi connectivity index (χ0) is 13.7. The Labute approximate surface area is 115 Å². The third-order valence-corrected chi connectivity index (χ3v) is 4.00. The molecule has 2 heterocycles. The van der Waals surface area contributed by atoms with Crippen molar-refractivity contribution in [2.45, 2.75) is 58.5 Å². The minimum atomic E-state index is 0.311. The van der Waals surface area contributed by atoms with E-state index >= 15 is 0 Å². The highest BCUT2D eigenvalue weighted by molar-refractivity contribution is 4.88. The third-order valence-electron chi connectivity index (χ3n) is 4.00. The average molecular weight is 266 g/mol. The summed E-state index contributed by atoms with van der Waals surface area (Å²) in [5, 5.41) is 4.03. The zero-order valence-electron chi connectivity index (χ0n) is 12.1. The van der Waals surface area contributed by atoms with Crippen LogP contribution in [0.5, 0.6) is 0 Å². The molecule has 0 bridgehead atoms. The van der Waals surface area contributed by atoms with Gasteiger partial charge in [-0.25, -0.2) is 0 Å². The van der Waals surface area contributed by atoms with Gasteiger partial charge in [0.15, 0.2) is 5.82 Å². The minimum Gasteiger partial charge on any atom is -0.338 e. The Morgan fingerprint density at radius 3 is 2.79 bits per heavy atom. The van der Waals surface area contributed by atoms with Gasteiger partial charge in [-0.1, -0.05) is 18.5 Å². The lowest BCUT2D eigenvalue weighted by Gasteiger charge is -2.32. The fourth-order valence-electron chi connectivity index (χ4n) is 2.62. The number of piperidine rings is 1. The molecule has 0 aliphatic carbocycles. The fourth-order valence-corrected chi connectivity index (χ4v) is 2.62. The number of aromatic nitrogens is 2. The van der Waals surface area contributed by atoms with Gasteiger partial charge in [-0.15, -0.1) is 0 Å². The van der Waals surface area contributed by atoms with E-state index in [1.807, 2.05) is 0 Å². The van der Waals surface area contributed by atoms with Crippen molar-refractivity contribution in [3.05, 3.63) is 11.7 Å². The molecule has 1 aromatic rings. The second kappa shape index (κ2) is 7.01. The Morgan fingerprint density at radius 1 is 1.42 bits per heavy atom. The van der Waals surface area contributed by atoms with E-state index in [1.54, 1.807) is 0 Å². The molecular formula is C14H26N4O. The molecule has 19 heavy (non-hydrogen) atoms. The first-order valence-electron chi connectivity index (χ1n) is 7.48. The first-order valence-corrected chi connectivity index (χ1v) is 7.48. The maximum atomic E-state index is 5.96. The van der Waals surface area contributed by atoms with Crippen molar-refractivity contribution in [2.75, 3.05) is 13.1 Å². The number of hydrogen-bond acceptors (Lipinski definition) is 5. The Hall–Kier alpha value is -0.940. The molecule has 1 fully saturated rings. The molecule has 1 aliphatic rings. The van der Waals surface area contributed by atoms with Crippen LogP contribution in [-0.2, 0) is 13.0 Å². The predicted octanol–water partition coefficient (Wildman–Crippen LogP) is 1.97. The Bertz CT molecular complexity index is 369. The summed E-state index contributed by atoms with van der Waals surface area (Å²) in [6, 6.07) is 0.311. The van der Waals surface area contributed by atoms with Crippen LogP contribution in [-0.4, -0.2) is 34.2 Å². The monoisotopic (exact) mass is 266 g/mol. The van der Waals surface area contributed by atoms with Gasteiger partial charge in [-0.3, -0.25) is 4.90 Å². The van der Waals surface area contributed by atoms with Crippen LogP contribution in [0.2, 0.25) is 0 Å². The lowest BCUT2D eigenvalue weighted by atomic mass is 9.91. The highest BCUT2D eigenvalue weighted by atomic mass is 16.5. The van der Waals surface area contributed by atoms with E-state index in [0.717, 1.165) is 50.6 Å². The Morgan fingerprint density at radius 2 is 2.16 bits per heavy atom. The van der Waals surface area contributed by atoms with Gasteiger partial charge in [0.2, 0.25) is 5.89 Å². The molecule has 0 radical (unpaired) electrons. The molecule has 108 valence electrons. The highest BCUT2D eigenvalue weighted by Crippen LogP contribution is 2.20. The van der Waals surface area contributed by atoms with Gasteiger partial charge in [0.1, 0.15) is 0 Å². The molecule has 5 nitrogen and oxygen atoms in total. The number of likely N-dealkylation sites (tertiary alicyclic amines) is 1. The Balaban J connectivity index is 1.77. The van der Waals surface area contributed by atoms with E-state index in [2.05, 4.69) is 28.9 Å². The Kier molecular flexibility index (Phi) is 5.34. The number of nitrogens with two attached hydrogens (primary N) is 1. The largest absolute Gasteiger partial charge is 0.338 e. The van der Waals surface area contributed by atoms with E-state index in [-0.39, 0.29) is 0 Å². The number of unbranched alkanes of at least 4 members (excludes halogenated alkanes) is 1. The predicted molar refractivity (Wildman–Crippen MR) is 74.6 cm³/mol. The maximum Gasteiger partial charge on any atom is 0.240 e. The van der Waals surface area contributed by atoms with Gasteiger partial charge < -0.3 is 10.3 Å². The van der Waals surface area contributed by atoms with Crippen molar-refractivity contribution in [2.24, 2.45) is 11.7 Å². The van der Waals surface area contributed by atoms with Crippen LogP contribution in [0.4, 0.5) is 0 Å². The molecule has 1 unspecified atom stereocenters. The van der Waals surface area contributed by atoms with Crippen molar-refractivity contribution >= 4 is 0 Å². The number of aryl methyl sites for hydroxylation is 1. The molecule has 5 heteroatoms. The SMILES string of the molecule is CCCCc1noc(CN2CCC(C(C)N)CC2)n1. The first kappa shape index (κ1) is 14.5. The van der Waals surface area contributed by atoms with E-state index in [9.17, 15) is 0 Å². The lowest BCUT2D eigenvalue weighted by molar-refractivity contribution is 0.150. The standard InChI is InChI=1S/C14H26N4O/c1-3-4-5-13-16-14(19-17-13)10-18-8-6-12(7-9-18)11(2)15/h11-12H,3-10,15H2,1-2H3. The van der Waals surface area contributed by atoms with Crippen LogP contribution in [0.3, 0.4) is 0 Å².